The van der Waals surface area contributed by atoms with Crippen LogP contribution in [0.15, 0.2) is 24.5 Å². The minimum atomic E-state index is -0.268. The Hall–Kier alpha value is -1.88. The summed E-state index contributed by atoms with van der Waals surface area (Å²) < 4.78 is 7.29. The molecule has 112 valence electrons. The van der Waals surface area contributed by atoms with E-state index in [9.17, 15) is 4.79 Å². The molecular formula is C16H21N3O2. The lowest BCUT2D eigenvalue weighted by molar-refractivity contribution is 0.0526. The van der Waals surface area contributed by atoms with Crippen LogP contribution in [0.3, 0.4) is 0 Å². The fourth-order valence-electron chi connectivity index (χ4n) is 2.93. The smallest absolute Gasteiger partial charge is 0.338 e. The van der Waals surface area contributed by atoms with Gasteiger partial charge < -0.3 is 14.2 Å². The molecule has 0 atom stereocenters. The van der Waals surface area contributed by atoms with Crippen molar-refractivity contribution in [2.75, 3.05) is 26.7 Å². The van der Waals surface area contributed by atoms with Gasteiger partial charge >= 0.3 is 5.97 Å². The molecule has 2 heterocycles. The lowest BCUT2D eigenvalue weighted by Gasteiger charge is -2.30. The summed E-state index contributed by atoms with van der Waals surface area (Å²) in [6.07, 6.45) is 4.13. The normalized spacial score (nSPS) is 17.2. The lowest BCUT2D eigenvalue weighted by Crippen LogP contribution is -2.31. The number of carbonyl (C=O) groups excluding carboxylic acids is 1. The van der Waals surface area contributed by atoms with Crippen molar-refractivity contribution < 1.29 is 9.53 Å². The van der Waals surface area contributed by atoms with E-state index in [1.54, 1.807) is 6.07 Å². The predicted octanol–water partition coefficient (Wildman–Crippen LogP) is 2.48. The SMILES string of the molecule is CCOC(=O)c1ccc2ncn(C3CCN(C)CC3)c2c1. The Morgan fingerprint density at radius 1 is 1.38 bits per heavy atom. The zero-order chi connectivity index (χ0) is 14.8. The van der Waals surface area contributed by atoms with Crippen LogP contribution >= 0.6 is 0 Å². The molecule has 3 rings (SSSR count). The van der Waals surface area contributed by atoms with Gasteiger partial charge in [0, 0.05) is 6.04 Å². The fraction of sp³-hybridized carbons (Fsp3) is 0.500. The van der Waals surface area contributed by atoms with Crippen LogP contribution in [0, 0.1) is 0 Å². The van der Waals surface area contributed by atoms with Crippen molar-refractivity contribution in [1.82, 2.24) is 14.5 Å². The van der Waals surface area contributed by atoms with Crippen molar-refractivity contribution in [3.05, 3.63) is 30.1 Å². The molecule has 0 bridgehead atoms. The van der Waals surface area contributed by atoms with Gasteiger partial charge in [-0.3, -0.25) is 0 Å². The number of imidazole rings is 1. The highest BCUT2D eigenvalue weighted by molar-refractivity contribution is 5.93. The first-order valence-electron chi connectivity index (χ1n) is 7.51. The molecule has 1 fully saturated rings. The van der Waals surface area contributed by atoms with Crippen molar-refractivity contribution >= 4 is 17.0 Å². The van der Waals surface area contributed by atoms with Crippen LogP contribution in [0.25, 0.3) is 11.0 Å². The minimum absolute atomic E-state index is 0.268. The zero-order valence-corrected chi connectivity index (χ0v) is 12.6. The summed E-state index contributed by atoms with van der Waals surface area (Å²) >= 11 is 0. The highest BCUT2D eigenvalue weighted by atomic mass is 16.5. The number of rotatable bonds is 3. The monoisotopic (exact) mass is 287 g/mol. The second-order valence-electron chi connectivity index (χ2n) is 5.61. The van der Waals surface area contributed by atoms with Crippen molar-refractivity contribution in [1.29, 1.82) is 0 Å². The average molecular weight is 287 g/mol. The molecule has 0 aliphatic carbocycles. The Balaban J connectivity index is 1.92. The number of esters is 1. The van der Waals surface area contributed by atoms with E-state index >= 15 is 0 Å². The maximum atomic E-state index is 11.9. The van der Waals surface area contributed by atoms with Crippen LogP contribution in [0.1, 0.15) is 36.2 Å². The van der Waals surface area contributed by atoms with Crippen LogP contribution in [0.2, 0.25) is 0 Å². The van der Waals surface area contributed by atoms with E-state index in [4.69, 9.17) is 4.74 Å². The number of piperidine rings is 1. The van der Waals surface area contributed by atoms with Gasteiger partial charge in [0.05, 0.1) is 29.5 Å². The van der Waals surface area contributed by atoms with Gasteiger partial charge in [0.1, 0.15) is 0 Å². The highest BCUT2D eigenvalue weighted by Gasteiger charge is 2.20. The van der Waals surface area contributed by atoms with Gasteiger partial charge in [0.15, 0.2) is 0 Å². The molecule has 0 saturated carbocycles. The molecule has 1 aliphatic rings. The summed E-state index contributed by atoms with van der Waals surface area (Å²) in [6, 6.07) is 6.04. The van der Waals surface area contributed by atoms with Gasteiger partial charge in [0.25, 0.3) is 0 Å². The molecule has 1 saturated heterocycles. The Bertz CT molecular complexity index is 642. The summed E-state index contributed by atoms with van der Waals surface area (Å²) in [6.45, 7) is 4.41. The number of carbonyl (C=O) groups is 1. The predicted molar refractivity (Wildman–Crippen MR) is 81.5 cm³/mol. The third-order valence-corrected chi connectivity index (χ3v) is 4.17. The van der Waals surface area contributed by atoms with Gasteiger partial charge in [-0.15, -0.1) is 0 Å². The van der Waals surface area contributed by atoms with Crippen LogP contribution in [-0.2, 0) is 4.74 Å². The third-order valence-electron chi connectivity index (χ3n) is 4.17. The highest BCUT2D eigenvalue weighted by Crippen LogP contribution is 2.26. The Morgan fingerprint density at radius 2 is 2.14 bits per heavy atom. The van der Waals surface area contributed by atoms with Crippen LogP contribution < -0.4 is 0 Å². The molecule has 0 radical (unpaired) electrons. The quantitative estimate of drug-likeness (QED) is 0.814. The molecule has 0 spiro atoms. The Labute approximate surface area is 124 Å². The van der Waals surface area contributed by atoms with E-state index in [0.29, 0.717) is 18.2 Å². The summed E-state index contributed by atoms with van der Waals surface area (Å²) in [7, 11) is 2.15. The summed E-state index contributed by atoms with van der Waals surface area (Å²) in [5, 5.41) is 0. The largest absolute Gasteiger partial charge is 0.462 e. The number of nitrogens with zero attached hydrogens (tertiary/aromatic N) is 3. The number of ether oxygens (including phenoxy) is 1. The van der Waals surface area contributed by atoms with Gasteiger partial charge in [-0.25, -0.2) is 9.78 Å². The molecule has 5 heteroatoms. The second kappa shape index (κ2) is 5.85. The second-order valence-corrected chi connectivity index (χ2v) is 5.61. The molecule has 2 aromatic rings. The summed E-state index contributed by atoms with van der Waals surface area (Å²) in [5.41, 5.74) is 2.55. The molecule has 0 amide bonds. The molecular weight excluding hydrogens is 266 g/mol. The molecule has 1 aromatic heterocycles. The van der Waals surface area contributed by atoms with E-state index in [2.05, 4.69) is 21.5 Å². The van der Waals surface area contributed by atoms with Gasteiger partial charge in [-0.2, -0.15) is 0 Å². The molecule has 21 heavy (non-hydrogen) atoms. The van der Waals surface area contributed by atoms with Crippen molar-refractivity contribution in [2.45, 2.75) is 25.8 Å². The molecule has 5 nitrogen and oxygen atoms in total. The Morgan fingerprint density at radius 3 is 2.86 bits per heavy atom. The number of fused-ring (bicyclic) bond motifs is 1. The van der Waals surface area contributed by atoms with Crippen LogP contribution in [-0.4, -0.2) is 47.2 Å². The van der Waals surface area contributed by atoms with Gasteiger partial charge in [-0.05, 0) is 58.1 Å². The fourth-order valence-corrected chi connectivity index (χ4v) is 2.93. The maximum absolute atomic E-state index is 11.9. The van der Waals surface area contributed by atoms with Crippen LogP contribution in [0.4, 0.5) is 0 Å². The number of hydrogen-bond donors (Lipinski definition) is 0. The third kappa shape index (κ3) is 2.78. The number of aromatic nitrogens is 2. The Kier molecular flexibility index (Phi) is 3.92. The first-order chi connectivity index (χ1) is 10.2. The van der Waals surface area contributed by atoms with Crippen LogP contribution in [0.5, 0.6) is 0 Å². The number of hydrogen-bond acceptors (Lipinski definition) is 4. The lowest BCUT2D eigenvalue weighted by atomic mass is 10.0. The van der Waals surface area contributed by atoms with E-state index in [-0.39, 0.29) is 5.97 Å². The molecule has 1 aromatic carbocycles. The summed E-state index contributed by atoms with van der Waals surface area (Å²) in [4.78, 5) is 18.7. The topological polar surface area (TPSA) is 47.4 Å². The van der Waals surface area contributed by atoms with Crippen molar-refractivity contribution in [3.63, 3.8) is 0 Å². The summed E-state index contributed by atoms with van der Waals surface area (Å²) in [5.74, 6) is -0.268. The van der Waals surface area contributed by atoms with E-state index < -0.39 is 0 Å². The van der Waals surface area contributed by atoms with Crippen molar-refractivity contribution in [3.8, 4) is 0 Å². The van der Waals surface area contributed by atoms with Gasteiger partial charge in [0.2, 0.25) is 0 Å². The minimum Gasteiger partial charge on any atom is -0.462 e. The van der Waals surface area contributed by atoms with E-state index in [1.807, 2.05) is 25.4 Å². The molecule has 1 aliphatic heterocycles. The van der Waals surface area contributed by atoms with Gasteiger partial charge in [-0.1, -0.05) is 0 Å². The zero-order valence-electron chi connectivity index (χ0n) is 12.6. The number of likely N-dealkylation sites (tertiary alicyclic amines) is 1. The average Bonchev–Trinajstić information content (AvgIpc) is 2.91. The first kappa shape index (κ1) is 14.1. The first-order valence-corrected chi connectivity index (χ1v) is 7.51. The maximum Gasteiger partial charge on any atom is 0.338 e. The van der Waals surface area contributed by atoms with E-state index in [0.717, 1.165) is 37.0 Å². The standard InChI is InChI=1S/C16H21N3O2/c1-3-21-16(20)12-4-5-14-15(10-12)19(11-17-14)13-6-8-18(2)9-7-13/h4-5,10-11,13H,3,6-9H2,1-2H3. The van der Waals surface area contributed by atoms with E-state index in [1.165, 1.54) is 0 Å². The number of benzene rings is 1. The molecule has 0 unspecified atom stereocenters. The van der Waals surface area contributed by atoms with Crippen molar-refractivity contribution in [2.24, 2.45) is 0 Å². The molecule has 0 N–H and O–H groups in total.